The molecule has 2 nitrogen and oxygen atoms in total. The van der Waals surface area contributed by atoms with Gasteiger partial charge in [-0.1, -0.05) is 12.1 Å². The average molecular weight is 193 g/mol. The van der Waals surface area contributed by atoms with Crippen LogP contribution in [0.5, 0.6) is 0 Å². The van der Waals surface area contributed by atoms with Crippen LogP contribution >= 0.6 is 0 Å². The molecule has 0 aliphatic carbocycles. The van der Waals surface area contributed by atoms with Gasteiger partial charge in [-0.2, -0.15) is 0 Å². The predicted molar refractivity (Wildman–Crippen MR) is 51.4 cm³/mol. The number of carbonyl (C=O) groups excluding carboxylic acids is 1. The molecule has 3 heteroatoms. The summed E-state index contributed by atoms with van der Waals surface area (Å²) < 4.78 is 12.7. The van der Waals surface area contributed by atoms with E-state index in [0.717, 1.165) is 5.56 Å². The van der Waals surface area contributed by atoms with E-state index in [1.165, 1.54) is 12.1 Å². The summed E-state index contributed by atoms with van der Waals surface area (Å²) in [6.07, 6.45) is 0.507. The first kappa shape index (κ1) is 9.19. The van der Waals surface area contributed by atoms with E-state index >= 15 is 0 Å². The van der Waals surface area contributed by atoms with Gasteiger partial charge in [0, 0.05) is 18.4 Å². The molecular formula is C11H12FNO. The van der Waals surface area contributed by atoms with E-state index in [4.69, 9.17) is 0 Å². The van der Waals surface area contributed by atoms with E-state index in [9.17, 15) is 9.18 Å². The Kier molecular flexibility index (Phi) is 2.23. The highest BCUT2D eigenvalue weighted by atomic mass is 19.1. The van der Waals surface area contributed by atoms with Crippen LogP contribution in [-0.2, 0) is 4.79 Å². The fraction of sp³-hybridized carbons (Fsp3) is 0.364. The molecule has 1 fully saturated rings. The van der Waals surface area contributed by atoms with Gasteiger partial charge in [-0.15, -0.1) is 0 Å². The SMILES string of the molecule is C[C@@H]1NC(=O)C[C@@H]1c1ccc(F)cc1. The fourth-order valence-electron chi connectivity index (χ4n) is 1.91. The third-order valence-electron chi connectivity index (χ3n) is 2.70. The van der Waals surface area contributed by atoms with E-state index < -0.39 is 0 Å². The van der Waals surface area contributed by atoms with Gasteiger partial charge in [0.2, 0.25) is 5.91 Å². The molecule has 1 aromatic rings. The summed E-state index contributed by atoms with van der Waals surface area (Å²) in [5, 5.41) is 2.85. The predicted octanol–water partition coefficient (Wildman–Crippen LogP) is 1.82. The fourth-order valence-corrected chi connectivity index (χ4v) is 1.91. The molecule has 0 unspecified atom stereocenters. The molecule has 14 heavy (non-hydrogen) atoms. The molecular weight excluding hydrogens is 181 g/mol. The van der Waals surface area contributed by atoms with Crippen molar-refractivity contribution >= 4 is 5.91 Å². The Balaban J connectivity index is 2.23. The van der Waals surface area contributed by atoms with E-state index in [2.05, 4.69) is 5.32 Å². The number of hydrogen-bond acceptors (Lipinski definition) is 1. The second kappa shape index (κ2) is 3.40. The second-order valence-electron chi connectivity index (χ2n) is 3.72. The van der Waals surface area contributed by atoms with E-state index in [0.29, 0.717) is 6.42 Å². The maximum Gasteiger partial charge on any atom is 0.220 e. The van der Waals surface area contributed by atoms with Gasteiger partial charge in [-0.25, -0.2) is 4.39 Å². The van der Waals surface area contributed by atoms with Crippen LogP contribution < -0.4 is 5.32 Å². The second-order valence-corrected chi connectivity index (χ2v) is 3.72. The third-order valence-corrected chi connectivity index (χ3v) is 2.70. The lowest BCUT2D eigenvalue weighted by Gasteiger charge is -2.13. The number of halogens is 1. The topological polar surface area (TPSA) is 29.1 Å². The Labute approximate surface area is 82.1 Å². The molecule has 2 rings (SSSR count). The number of hydrogen-bond donors (Lipinski definition) is 1. The summed E-state index contributed by atoms with van der Waals surface area (Å²) in [4.78, 5) is 11.1. The zero-order valence-corrected chi connectivity index (χ0v) is 7.96. The number of rotatable bonds is 1. The minimum Gasteiger partial charge on any atom is -0.353 e. The van der Waals surface area contributed by atoms with Gasteiger partial charge in [0.1, 0.15) is 5.82 Å². The van der Waals surface area contributed by atoms with Crippen LogP contribution in [-0.4, -0.2) is 11.9 Å². The zero-order valence-electron chi connectivity index (χ0n) is 7.96. The molecule has 1 saturated heterocycles. The average Bonchev–Trinajstić information content (AvgIpc) is 2.47. The van der Waals surface area contributed by atoms with Crippen molar-refractivity contribution in [2.75, 3.05) is 0 Å². The maximum absolute atomic E-state index is 12.7. The van der Waals surface area contributed by atoms with Crippen LogP contribution in [0.3, 0.4) is 0 Å². The Bertz CT molecular complexity index is 347. The van der Waals surface area contributed by atoms with Crippen molar-refractivity contribution in [3.63, 3.8) is 0 Å². The van der Waals surface area contributed by atoms with Crippen molar-refractivity contribution in [1.82, 2.24) is 5.32 Å². The Morgan fingerprint density at radius 1 is 1.36 bits per heavy atom. The molecule has 0 saturated carbocycles. The first-order valence-corrected chi connectivity index (χ1v) is 4.71. The molecule has 1 aliphatic rings. The largest absolute Gasteiger partial charge is 0.353 e. The summed E-state index contributed by atoms with van der Waals surface area (Å²) in [5.41, 5.74) is 1.03. The maximum atomic E-state index is 12.7. The molecule has 1 aromatic carbocycles. The van der Waals surface area contributed by atoms with Crippen LogP contribution in [0.15, 0.2) is 24.3 Å². The minimum atomic E-state index is -0.237. The smallest absolute Gasteiger partial charge is 0.220 e. The highest BCUT2D eigenvalue weighted by molar-refractivity contribution is 5.80. The van der Waals surface area contributed by atoms with Crippen LogP contribution in [0.2, 0.25) is 0 Å². The molecule has 74 valence electrons. The zero-order chi connectivity index (χ0) is 10.1. The highest BCUT2D eigenvalue weighted by Gasteiger charge is 2.29. The van der Waals surface area contributed by atoms with Gasteiger partial charge < -0.3 is 5.32 Å². The molecule has 2 atom stereocenters. The number of carbonyl (C=O) groups is 1. The Hall–Kier alpha value is -1.38. The number of benzene rings is 1. The monoisotopic (exact) mass is 193 g/mol. The third kappa shape index (κ3) is 1.62. The number of nitrogens with one attached hydrogen (secondary N) is 1. The van der Waals surface area contributed by atoms with Gasteiger partial charge in [-0.05, 0) is 24.6 Å². The van der Waals surface area contributed by atoms with Crippen molar-refractivity contribution in [3.05, 3.63) is 35.6 Å². The van der Waals surface area contributed by atoms with Crippen LogP contribution in [0.25, 0.3) is 0 Å². The molecule has 1 amide bonds. The standard InChI is InChI=1S/C11H12FNO/c1-7-10(6-11(14)13-7)8-2-4-9(12)5-3-8/h2-5,7,10H,6H2,1H3,(H,13,14)/t7-,10-/m0/s1. The summed E-state index contributed by atoms with van der Waals surface area (Å²) in [6.45, 7) is 1.97. The first-order valence-electron chi connectivity index (χ1n) is 4.71. The molecule has 0 spiro atoms. The quantitative estimate of drug-likeness (QED) is 0.724. The number of amides is 1. The molecule has 1 N–H and O–H groups in total. The molecule has 0 aromatic heterocycles. The van der Waals surface area contributed by atoms with Crippen molar-refractivity contribution in [3.8, 4) is 0 Å². The van der Waals surface area contributed by atoms with Crippen molar-refractivity contribution in [1.29, 1.82) is 0 Å². The van der Waals surface area contributed by atoms with Crippen LogP contribution in [0.4, 0.5) is 4.39 Å². The van der Waals surface area contributed by atoms with Gasteiger partial charge in [0.05, 0.1) is 0 Å². The lowest BCUT2D eigenvalue weighted by Crippen LogP contribution is -2.24. The first-order chi connectivity index (χ1) is 6.66. The molecule has 1 aliphatic heterocycles. The minimum absolute atomic E-state index is 0.0758. The summed E-state index contributed by atoms with van der Waals surface area (Å²) in [5.74, 6) is 0.0219. The van der Waals surface area contributed by atoms with Gasteiger partial charge >= 0.3 is 0 Å². The molecule has 0 bridgehead atoms. The van der Waals surface area contributed by atoms with E-state index in [1.54, 1.807) is 12.1 Å². The van der Waals surface area contributed by atoms with Crippen molar-refractivity contribution in [2.24, 2.45) is 0 Å². The van der Waals surface area contributed by atoms with E-state index in [-0.39, 0.29) is 23.7 Å². The van der Waals surface area contributed by atoms with Gasteiger partial charge in [0.15, 0.2) is 0 Å². The Morgan fingerprint density at radius 2 is 2.00 bits per heavy atom. The van der Waals surface area contributed by atoms with Crippen LogP contribution in [0, 0.1) is 5.82 Å². The molecule has 1 heterocycles. The van der Waals surface area contributed by atoms with Gasteiger partial charge in [-0.3, -0.25) is 4.79 Å². The summed E-state index contributed by atoms with van der Waals surface area (Å²) >= 11 is 0. The van der Waals surface area contributed by atoms with Crippen molar-refractivity contribution < 1.29 is 9.18 Å². The van der Waals surface area contributed by atoms with E-state index in [1.807, 2.05) is 6.92 Å². The normalized spacial score (nSPS) is 26.3. The van der Waals surface area contributed by atoms with Crippen molar-refractivity contribution in [2.45, 2.75) is 25.3 Å². The summed E-state index contributed by atoms with van der Waals surface area (Å²) in [7, 11) is 0. The molecule has 0 radical (unpaired) electrons. The Morgan fingerprint density at radius 3 is 2.50 bits per heavy atom. The lowest BCUT2D eigenvalue weighted by molar-refractivity contribution is -0.119. The highest BCUT2D eigenvalue weighted by Crippen LogP contribution is 2.27. The summed E-state index contributed by atoms with van der Waals surface area (Å²) in [6, 6.07) is 6.51. The van der Waals surface area contributed by atoms with Gasteiger partial charge in [0.25, 0.3) is 0 Å². The van der Waals surface area contributed by atoms with Crippen LogP contribution in [0.1, 0.15) is 24.8 Å². The lowest BCUT2D eigenvalue weighted by atomic mass is 9.93.